The summed E-state index contributed by atoms with van der Waals surface area (Å²) < 4.78 is 11.5. The first-order chi connectivity index (χ1) is 11.5. The highest BCUT2D eigenvalue weighted by atomic mass is 16.5. The van der Waals surface area contributed by atoms with E-state index in [9.17, 15) is 5.11 Å². The van der Waals surface area contributed by atoms with Gasteiger partial charge in [0, 0.05) is 24.4 Å². The van der Waals surface area contributed by atoms with Gasteiger partial charge in [0.15, 0.2) is 0 Å². The van der Waals surface area contributed by atoms with Crippen molar-refractivity contribution in [1.29, 1.82) is 0 Å². The van der Waals surface area contributed by atoms with Gasteiger partial charge in [0.05, 0.1) is 5.69 Å². The lowest BCUT2D eigenvalue weighted by molar-refractivity contribution is 0.0733. The van der Waals surface area contributed by atoms with Crippen molar-refractivity contribution in [2.75, 3.05) is 0 Å². The van der Waals surface area contributed by atoms with Crippen LogP contribution >= 0.6 is 0 Å². The van der Waals surface area contributed by atoms with Crippen LogP contribution in [0.2, 0.25) is 0 Å². The minimum atomic E-state index is -1.02. The second kappa shape index (κ2) is 6.68. The molecule has 24 heavy (non-hydrogen) atoms. The van der Waals surface area contributed by atoms with E-state index in [1.54, 1.807) is 50.4 Å². The number of nitrogens with zero attached hydrogens (tertiary/aromatic N) is 2. The van der Waals surface area contributed by atoms with Crippen LogP contribution in [0.25, 0.3) is 0 Å². The van der Waals surface area contributed by atoms with Crippen LogP contribution in [0.15, 0.2) is 66.9 Å². The first kappa shape index (κ1) is 16.0. The molecular weight excluding hydrogens is 304 g/mol. The van der Waals surface area contributed by atoms with Crippen LogP contribution in [-0.2, 0) is 5.60 Å². The molecule has 1 aromatic carbocycles. The van der Waals surface area contributed by atoms with Crippen LogP contribution in [-0.4, -0.2) is 15.1 Å². The van der Waals surface area contributed by atoms with Gasteiger partial charge in [-0.25, -0.2) is 9.97 Å². The largest absolute Gasteiger partial charge is 0.439 e. The van der Waals surface area contributed by atoms with Crippen molar-refractivity contribution in [2.24, 2.45) is 0 Å². The Bertz CT molecular complexity index is 814. The number of rotatable bonds is 5. The van der Waals surface area contributed by atoms with Crippen molar-refractivity contribution in [3.63, 3.8) is 0 Å². The highest BCUT2D eigenvalue weighted by Crippen LogP contribution is 2.28. The van der Waals surface area contributed by atoms with Gasteiger partial charge in [-0.05, 0) is 38.1 Å². The number of benzene rings is 1. The molecule has 0 aliphatic rings. The monoisotopic (exact) mass is 322 g/mol. The quantitative estimate of drug-likeness (QED) is 0.759. The normalized spacial score (nSPS) is 11.1. The number of ether oxygens (including phenoxy) is 2. The van der Waals surface area contributed by atoms with Crippen molar-refractivity contribution >= 4 is 0 Å². The van der Waals surface area contributed by atoms with Gasteiger partial charge < -0.3 is 14.6 Å². The molecule has 5 nitrogen and oxygen atoms in total. The van der Waals surface area contributed by atoms with Gasteiger partial charge in [0.2, 0.25) is 11.8 Å². The summed E-state index contributed by atoms with van der Waals surface area (Å²) in [7, 11) is 0. The Morgan fingerprint density at radius 1 is 0.833 bits per heavy atom. The first-order valence-electron chi connectivity index (χ1n) is 7.57. The second-order valence-electron chi connectivity index (χ2n) is 5.77. The molecule has 0 aliphatic heterocycles. The van der Waals surface area contributed by atoms with E-state index in [1.807, 2.05) is 30.3 Å². The number of hydrogen-bond donors (Lipinski definition) is 1. The molecule has 3 rings (SSSR count). The van der Waals surface area contributed by atoms with E-state index in [0.717, 1.165) is 0 Å². The minimum absolute atomic E-state index is 0.407. The van der Waals surface area contributed by atoms with Gasteiger partial charge in [-0.3, -0.25) is 0 Å². The fourth-order valence-corrected chi connectivity index (χ4v) is 2.06. The second-order valence-corrected chi connectivity index (χ2v) is 5.77. The van der Waals surface area contributed by atoms with E-state index < -0.39 is 5.60 Å². The van der Waals surface area contributed by atoms with E-state index in [0.29, 0.717) is 29.0 Å². The molecule has 5 heteroatoms. The van der Waals surface area contributed by atoms with Crippen LogP contribution in [0, 0.1) is 0 Å². The standard InChI is InChI=1S/C19H18N2O3/c1-19(2,22)16-9-6-11-18(21-16)24-15-8-5-7-14(13-15)23-17-10-3-4-12-20-17/h3-13,22H,1-2H3. The van der Waals surface area contributed by atoms with E-state index >= 15 is 0 Å². The lowest BCUT2D eigenvalue weighted by Gasteiger charge is -2.17. The molecule has 3 aromatic rings. The zero-order chi connectivity index (χ0) is 17.0. The predicted molar refractivity (Wildman–Crippen MR) is 90.3 cm³/mol. The third-order valence-corrected chi connectivity index (χ3v) is 3.24. The molecule has 0 radical (unpaired) electrons. The summed E-state index contributed by atoms with van der Waals surface area (Å²) in [5, 5.41) is 10.0. The number of aliphatic hydroxyl groups is 1. The first-order valence-corrected chi connectivity index (χ1v) is 7.57. The lowest BCUT2D eigenvalue weighted by Crippen LogP contribution is -2.17. The van der Waals surface area contributed by atoms with Gasteiger partial charge in [-0.2, -0.15) is 0 Å². The molecule has 0 saturated heterocycles. The lowest BCUT2D eigenvalue weighted by atomic mass is 10.1. The van der Waals surface area contributed by atoms with Gasteiger partial charge in [0.1, 0.15) is 17.1 Å². The number of hydrogen-bond acceptors (Lipinski definition) is 5. The van der Waals surface area contributed by atoms with Crippen molar-refractivity contribution in [1.82, 2.24) is 9.97 Å². The zero-order valence-corrected chi connectivity index (χ0v) is 13.5. The van der Waals surface area contributed by atoms with Crippen molar-refractivity contribution in [3.05, 3.63) is 72.6 Å². The Balaban J connectivity index is 1.78. The molecule has 1 N–H and O–H groups in total. The van der Waals surface area contributed by atoms with Crippen molar-refractivity contribution in [2.45, 2.75) is 19.4 Å². The maximum absolute atomic E-state index is 10.0. The van der Waals surface area contributed by atoms with E-state index in [4.69, 9.17) is 9.47 Å². The van der Waals surface area contributed by atoms with Crippen LogP contribution in [0.3, 0.4) is 0 Å². The van der Waals surface area contributed by atoms with Gasteiger partial charge in [0.25, 0.3) is 0 Å². The highest BCUT2D eigenvalue weighted by Gasteiger charge is 2.18. The Kier molecular flexibility index (Phi) is 4.44. The molecule has 0 fully saturated rings. The van der Waals surface area contributed by atoms with Gasteiger partial charge in [-0.1, -0.05) is 18.2 Å². The third kappa shape index (κ3) is 4.08. The molecule has 122 valence electrons. The molecule has 0 amide bonds. The summed E-state index contributed by atoms with van der Waals surface area (Å²) in [6.07, 6.45) is 1.67. The maximum atomic E-state index is 10.0. The fraction of sp³-hybridized carbons (Fsp3) is 0.158. The summed E-state index contributed by atoms with van der Waals surface area (Å²) in [6.45, 7) is 3.36. The molecule has 0 spiro atoms. The summed E-state index contributed by atoms with van der Waals surface area (Å²) in [5.74, 6) is 2.12. The van der Waals surface area contributed by atoms with E-state index in [1.165, 1.54) is 0 Å². The molecule has 0 bridgehead atoms. The Labute approximate surface area is 140 Å². The third-order valence-electron chi connectivity index (χ3n) is 3.24. The molecule has 2 heterocycles. The minimum Gasteiger partial charge on any atom is -0.439 e. The Hall–Kier alpha value is -2.92. The number of aromatic nitrogens is 2. The Morgan fingerprint density at radius 3 is 2.17 bits per heavy atom. The van der Waals surface area contributed by atoms with Crippen LogP contribution < -0.4 is 9.47 Å². The molecule has 0 saturated carbocycles. The summed E-state index contributed by atoms with van der Waals surface area (Å²) in [6, 6.07) is 18.0. The maximum Gasteiger partial charge on any atom is 0.219 e. The molecule has 0 unspecified atom stereocenters. The van der Waals surface area contributed by atoms with Crippen LogP contribution in [0.4, 0.5) is 0 Å². The average Bonchev–Trinajstić information content (AvgIpc) is 2.56. The summed E-state index contributed by atoms with van der Waals surface area (Å²) in [4.78, 5) is 8.45. The zero-order valence-electron chi connectivity index (χ0n) is 13.5. The fourth-order valence-electron chi connectivity index (χ4n) is 2.06. The van der Waals surface area contributed by atoms with E-state index in [2.05, 4.69) is 9.97 Å². The molecule has 0 atom stereocenters. The SMILES string of the molecule is CC(C)(O)c1cccc(Oc2cccc(Oc3ccccn3)c2)n1. The Morgan fingerprint density at radius 2 is 1.50 bits per heavy atom. The van der Waals surface area contributed by atoms with Gasteiger partial charge in [-0.15, -0.1) is 0 Å². The van der Waals surface area contributed by atoms with Crippen LogP contribution in [0.1, 0.15) is 19.5 Å². The predicted octanol–water partition coefficient (Wildman–Crippen LogP) is 4.29. The number of pyridine rings is 2. The summed E-state index contributed by atoms with van der Waals surface area (Å²) in [5.41, 5.74) is -0.482. The van der Waals surface area contributed by atoms with Crippen molar-refractivity contribution < 1.29 is 14.6 Å². The smallest absolute Gasteiger partial charge is 0.219 e. The highest BCUT2D eigenvalue weighted by molar-refractivity contribution is 5.37. The molecule has 2 aromatic heterocycles. The van der Waals surface area contributed by atoms with E-state index in [-0.39, 0.29) is 0 Å². The topological polar surface area (TPSA) is 64.5 Å². The average molecular weight is 322 g/mol. The molecule has 0 aliphatic carbocycles. The van der Waals surface area contributed by atoms with Gasteiger partial charge >= 0.3 is 0 Å². The van der Waals surface area contributed by atoms with Crippen molar-refractivity contribution in [3.8, 4) is 23.3 Å². The summed E-state index contributed by atoms with van der Waals surface area (Å²) >= 11 is 0. The van der Waals surface area contributed by atoms with Crippen LogP contribution in [0.5, 0.6) is 23.3 Å². The molecular formula is C19H18N2O3.